The first-order valence-corrected chi connectivity index (χ1v) is 8.32. The van der Waals surface area contributed by atoms with Gasteiger partial charge in [0, 0.05) is 30.2 Å². The maximum atomic E-state index is 12.8. The van der Waals surface area contributed by atoms with E-state index in [-0.39, 0.29) is 12.1 Å². The number of hydrogen-bond donors (Lipinski definition) is 1. The van der Waals surface area contributed by atoms with Crippen molar-refractivity contribution in [3.63, 3.8) is 0 Å². The molecule has 0 radical (unpaired) electrons. The van der Waals surface area contributed by atoms with E-state index in [2.05, 4.69) is 48.9 Å². The Hall–Kier alpha value is -2.23. The van der Waals surface area contributed by atoms with Crippen LogP contribution in [0.25, 0.3) is 0 Å². The molecule has 1 aliphatic heterocycles. The molecule has 4 heteroatoms. The van der Waals surface area contributed by atoms with Gasteiger partial charge in [-0.15, -0.1) is 0 Å². The van der Waals surface area contributed by atoms with Gasteiger partial charge in [0.2, 0.25) is 0 Å². The summed E-state index contributed by atoms with van der Waals surface area (Å²) in [6.45, 7) is 9.99. The fourth-order valence-electron chi connectivity index (χ4n) is 3.46. The number of anilines is 1. The molecule has 0 bridgehead atoms. The Morgan fingerprint density at radius 1 is 1.17 bits per heavy atom. The second-order valence-electron chi connectivity index (χ2n) is 6.35. The minimum Gasteiger partial charge on any atom is -0.345 e. The maximum Gasteiger partial charge on any atom is 0.322 e. The van der Waals surface area contributed by atoms with Crippen molar-refractivity contribution in [3.05, 3.63) is 52.8 Å². The first-order chi connectivity index (χ1) is 11.0. The van der Waals surface area contributed by atoms with Crippen LogP contribution < -0.4 is 5.32 Å². The molecule has 1 unspecified atom stereocenters. The lowest BCUT2D eigenvalue weighted by molar-refractivity contribution is 0.165. The van der Waals surface area contributed by atoms with Crippen LogP contribution in [0, 0.1) is 20.8 Å². The highest BCUT2D eigenvalue weighted by atomic mass is 16.2. The molecule has 1 aromatic heterocycles. The van der Waals surface area contributed by atoms with E-state index in [1.165, 1.54) is 17.0 Å². The number of aromatic nitrogens is 1. The van der Waals surface area contributed by atoms with Crippen molar-refractivity contribution in [3.8, 4) is 0 Å². The van der Waals surface area contributed by atoms with Crippen molar-refractivity contribution in [2.24, 2.45) is 0 Å². The molecule has 2 amide bonds. The van der Waals surface area contributed by atoms with Crippen molar-refractivity contribution < 1.29 is 4.79 Å². The number of carbonyl (C=O) groups is 1. The van der Waals surface area contributed by atoms with Crippen LogP contribution in [-0.2, 0) is 6.54 Å². The number of benzene rings is 1. The van der Waals surface area contributed by atoms with Crippen LogP contribution in [0.1, 0.15) is 41.9 Å². The molecule has 1 aliphatic rings. The predicted octanol–water partition coefficient (Wildman–Crippen LogP) is 4.41. The highest BCUT2D eigenvalue weighted by molar-refractivity contribution is 5.90. The van der Waals surface area contributed by atoms with Gasteiger partial charge in [-0.3, -0.25) is 0 Å². The van der Waals surface area contributed by atoms with E-state index in [0.29, 0.717) is 0 Å². The van der Waals surface area contributed by atoms with E-state index in [1.54, 1.807) is 0 Å². The number of rotatable bonds is 2. The molecule has 0 fully saturated rings. The zero-order chi connectivity index (χ0) is 16.6. The van der Waals surface area contributed by atoms with Gasteiger partial charge < -0.3 is 14.8 Å². The standard InChI is InChI=1S/C19H25N3O/c1-5-17-18-10-9-14(3)21(18)11-12-22(17)19(23)20-16-8-6-7-13(2)15(16)4/h6-10,17H,5,11-12H2,1-4H3,(H,20,23). The van der Waals surface area contributed by atoms with Gasteiger partial charge >= 0.3 is 6.03 Å². The van der Waals surface area contributed by atoms with Crippen molar-refractivity contribution in [2.45, 2.75) is 46.7 Å². The lowest BCUT2D eigenvalue weighted by atomic mass is 10.1. The third-order valence-electron chi connectivity index (χ3n) is 5.01. The van der Waals surface area contributed by atoms with Crippen LogP contribution in [-0.4, -0.2) is 22.0 Å². The van der Waals surface area contributed by atoms with E-state index in [4.69, 9.17) is 0 Å². The largest absolute Gasteiger partial charge is 0.345 e. The second kappa shape index (κ2) is 6.11. The number of aryl methyl sites for hydroxylation is 2. The zero-order valence-corrected chi connectivity index (χ0v) is 14.4. The Labute approximate surface area is 138 Å². The summed E-state index contributed by atoms with van der Waals surface area (Å²) in [6, 6.07) is 10.5. The monoisotopic (exact) mass is 311 g/mol. The van der Waals surface area contributed by atoms with Crippen LogP contribution in [0.15, 0.2) is 30.3 Å². The van der Waals surface area contributed by atoms with Crippen molar-refractivity contribution in [1.29, 1.82) is 0 Å². The molecule has 0 saturated carbocycles. The Morgan fingerprint density at radius 3 is 2.70 bits per heavy atom. The summed E-state index contributed by atoms with van der Waals surface area (Å²) < 4.78 is 2.33. The molecule has 0 saturated heterocycles. The van der Waals surface area contributed by atoms with Crippen LogP contribution in [0.2, 0.25) is 0 Å². The molecule has 2 aromatic rings. The third kappa shape index (κ3) is 2.74. The lowest BCUT2D eigenvalue weighted by Gasteiger charge is -2.37. The topological polar surface area (TPSA) is 37.3 Å². The normalized spacial score (nSPS) is 17.0. The number of carbonyl (C=O) groups excluding carboxylic acids is 1. The van der Waals surface area contributed by atoms with Crippen LogP contribution >= 0.6 is 0 Å². The summed E-state index contributed by atoms with van der Waals surface area (Å²) in [5, 5.41) is 3.10. The molecule has 2 heterocycles. The Bertz CT molecular complexity index is 732. The number of hydrogen-bond acceptors (Lipinski definition) is 1. The molecule has 122 valence electrons. The summed E-state index contributed by atoms with van der Waals surface area (Å²) >= 11 is 0. The average Bonchev–Trinajstić information content (AvgIpc) is 2.92. The van der Waals surface area contributed by atoms with Gasteiger partial charge in [0.1, 0.15) is 0 Å². The van der Waals surface area contributed by atoms with Crippen molar-refractivity contribution in [2.75, 3.05) is 11.9 Å². The second-order valence-corrected chi connectivity index (χ2v) is 6.35. The van der Waals surface area contributed by atoms with Gasteiger partial charge in [0.15, 0.2) is 0 Å². The minimum absolute atomic E-state index is 0.00402. The molecule has 4 nitrogen and oxygen atoms in total. The number of nitrogens with one attached hydrogen (secondary N) is 1. The van der Waals surface area contributed by atoms with Crippen LogP contribution in [0.5, 0.6) is 0 Å². The maximum absolute atomic E-state index is 12.8. The molecule has 23 heavy (non-hydrogen) atoms. The van der Waals surface area contributed by atoms with Crippen LogP contribution in [0.3, 0.4) is 0 Å². The minimum atomic E-state index is -0.00402. The molecule has 0 aliphatic carbocycles. The van der Waals surface area contributed by atoms with E-state index in [9.17, 15) is 4.79 Å². The molecular formula is C19H25N3O. The molecule has 1 aromatic carbocycles. The third-order valence-corrected chi connectivity index (χ3v) is 5.01. The highest BCUT2D eigenvalue weighted by Crippen LogP contribution is 2.31. The number of fused-ring (bicyclic) bond motifs is 1. The van der Waals surface area contributed by atoms with Crippen molar-refractivity contribution in [1.82, 2.24) is 9.47 Å². The number of nitrogens with zero attached hydrogens (tertiary/aromatic N) is 2. The first-order valence-electron chi connectivity index (χ1n) is 8.32. The Balaban J connectivity index is 1.84. The highest BCUT2D eigenvalue weighted by Gasteiger charge is 2.30. The quantitative estimate of drug-likeness (QED) is 0.876. The molecule has 0 spiro atoms. The van der Waals surface area contributed by atoms with Crippen LogP contribution in [0.4, 0.5) is 10.5 Å². The summed E-state index contributed by atoms with van der Waals surface area (Å²) in [6.07, 6.45) is 0.920. The summed E-state index contributed by atoms with van der Waals surface area (Å²) in [5.41, 5.74) is 5.74. The fraction of sp³-hybridized carbons (Fsp3) is 0.421. The summed E-state index contributed by atoms with van der Waals surface area (Å²) in [5.74, 6) is 0. The molecule has 3 rings (SSSR count). The van der Waals surface area contributed by atoms with E-state index in [0.717, 1.165) is 30.8 Å². The average molecular weight is 311 g/mol. The first kappa shape index (κ1) is 15.7. The fourth-order valence-corrected chi connectivity index (χ4v) is 3.46. The Morgan fingerprint density at radius 2 is 1.96 bits per heavy atom. The van der Waals surface area contributed by atoms with E-state index < -0.39 is 0 Å². The molecular weight excluding hydrogens is 286 g/mol. The van der Waals surface area contributed by atoms with Gasteiger partial charge in [0.25, 0.3) is 0 Å². The smallest absolute Gasteiger partial charge is 0.322 e. The Kier molecular flexibility index (Phi) is 4.16. The van der Waals surface area contributed by atoms with Crippen molar-refractivity contribution >= 4 is 11.7 Å². The molecule has 1 atom stereocenters. The predicted molar refractivity (Wildman–Crippen MR) is 93.8 cm³/mol. The van der Waals surface area contributed by atoms with Gasteiger partial charge in [-0.05, 0) is 56.5 Å². The van der Waals surface area contributed by atoms with Gasteiger partial charge in [-0.25, -0.2) is 4.79 Å². The zero-order valence-electron chi connectivity index (χ0n) is 14.4. The van der Waals surface area contributed by atoms with E-state index in [1.807, 2.05) is 24.0 Å². The lowest BCUT2D eigenvalue weighted by Crippen LogP contribution is -2.44. The molecule has 1 N–H and O–H groups in total. The number of urea groups is 1. The van der Waals surface area contributed by atoms with Gasteiger partial charge in [-0.1, -0.05) is 19.1 Å². The van der Waals surface area contributed by atoms with Gasteiger partial charge in [-0.2, -0.15) is 0 Å². The number of amides is 2. The summed E-state index contributed by atoms with van der Waals surface area (Å²) in [7, 11) is 0. The van der Waals surface area contributed by atoms with Gasteiger partial charge in [0.05, 0.1) is 6.04 Å². The van der Waals surface area contributed by atoms with E-state index >= 15 is 0 Å². The summed E-state index contributed by atoms with van der Waals surface area (Å²) in [4.78, 5) is 14.8. The SMILES string of the molecule is CCC1c2ccc(C)n2CCN1C(=O)Nc1cccc(C)c1C.